The average molecular weight is 386 g/mol. The van der Waals surface area contributed by atoms with Crippen molar-refractivity contribution in [3.8, 4) is 5.75 Å². The fraction of sp³-hybridized carbons (Fsp3) is 0.333. The number of amides is 1. The summed E-state index contributed by atoms with van der Waals surface area (Å²) in [6.07, 6.45) is 0.727. The summed E-state index contributed by atoms with van der Waals surface area (Å²) in [6.45, 7) is 4.32. The molecular weight excluding hydrogens is 359 g/mol. The maximum atomic E-state index is 12.9. The Kier molecular flexibility index (Phi) is 8.78. The normalized spacial score (nSPS) is 11.0. The Bertz CT molecular complexity index is 761. The van der Waals surface area contributed by atoms with Gasteiger partial charge < -0.3 is 20.7 Å². The van der Waals surface area contributed by atoms with Crippen molar-refractivity contribution in [1.29, 1.82) is 0 Å². The summed E-state index contributed by atoms with van der Waals surface area (Å²) in [5, 5.41) is 9.21. The first-order valence-corrected chi connectivity index (χ1v) is 9.31. The monoisotopic (exact) mass is 386 g/mol. The van der Waals surface area contributed by atoms with Crippen LogP contribution in [0.5, 0.6) is 5.75 Å². The van der Waals surface area contributed by atoms with E-state index in [1.165, 1.54) is 12.1 Å². The first kappa shape index (κ1) is 21.2. The second-order valence-electron chi connectivity index (χ2n) is 6.05. The molecule has 0 aliphatic heterocycles. The van der Waals surface area contributed by atoms with Crippen molar-refractivity contribution < 1.29 is 13.9 Å². The van der Waals surface area contributed by atoms with Gasteiger partial charge in [0.05, 0.1) is 7.11 Å². The molecule has 3 N–H and O–H groups in total. The van der Waals surface area contributed by atoms with Crippen LogP contribution in [0.15, 0.2) is 53.5 Å². The van der Waals surface area contributed by atoms with Crippen molar-refractivity contribution >= 4 is 11.9 Å². The number of aliphatic imine (C=N–C) groups is 1. The Balaban J connectivity index is 1.73. The Hall–Kier alpha value is -3.09. The van der Waals surface area contributed by atoms with E-state index >= 15 is 0 Å². The highest BCUT2D eigenvalue weighted by atomic mass is 19.1. The van der Waals surface area contributed by atoms with Gasteiger partial charge in [0.15, 0.2) is 5.96 Å². The molecule has 1 amide bonds. The van der Waals surface area contributed by atoms with Crippen LogP contribution in [-0.4, -0.2) is 45.2 Å². The summed E-state index contributed by atoms with van der Waals surface area (Å²) in [7, 11) is 1.59. The van der Waals surface area contributed by atoms with E-state index in [9.17, 15) is 9.18 Å². The molecule has 0 unspecified atom stereocenters. The van der Waals surface area contributed by atoms with E-state index in [2.05, 4.69) is 20.9 Å². The van der Waals surface area contributed by atoms with Crippen molar-refractivity contribution in [3.63, 3.8) is 0 Å². The quantitative estimate of drug-likeness (QED) is 0.351. The zero-order valence-electron chi connectivity index (χ0n) is 16.3. The van der Waals surface area contributed by atoms with Gasteiger partial charge >= 0.3 is 0 Å². The fourth-order valence-electron chi connectivity index (χ4n) is 2.49. The predicted octanol–water partition coefficient (Wildman–Crippen LogP) is 2.36. The van der Waals surface area contributed by atoms with Crippen LogP contribution in [-0.2, 0) is 6.42 Å². The lowest BCUT2D eigenvalue weighted by Gasteiger charge is -2.12. The number of ether oxygens (including phenoxy) is 1. The molecule has 2 rings (SSSR count). The van der Waals surface area contributed by atoms with Gasteiger partial charge in [0.1, 0.15) is 11.6 Å². The number of rotatable bonds is 9. The van der Waals surface area contributed by atoms with Gasteiger partial charge in [0.2, 0.25) is 0 Å². The topological polar surface area (TPSA) is 74.8 Å². The molecule has 0 aliphatic rings. The van der Waals surface area contributed by atoms with E-state index in [0.717, 1.165) is 18.5 Å². The van der Waals surface area contributed by atoms with E-state index in [0.29, 0.717) is 36.9 Å². The van der Waals surface area contributed by atoms with Gasteiger partial charge in [0, 0.05) is 31.7 Å². The minimum atomic E-state index is -0.237. The Morgan fingerprint density at radius 2 is 1.68 bits per heavy atom. The summed E-state index contributed by atoms with van der Waals surface area (Å²) in [5.74, 6) is 1.02. The molecule has 0 aliphatic carbocycles. The highest BCUT2D eigenvalue weighted by Crippen LogP contribution is 2.10. The SMILES string of the molecule is CCNC(=NCCc1ccc(F)cc1)NCCNC(=O)c1ccc(OC)cc1. The molecule has 2 aromatic rings. The number of carbonyl (C=O) groups is 1. The lowest BCUT2D eigenvalue weighted by molar-refractivity contribution is 0.0954. The number of carbonyl (C=O) groups excluding carboxylic acids is 1. The molecule has 7 heteroatoms. The number of nitrogens with zero attached hydrogens (tertiary/aromatic N) is 1. The number of hydrogen-bond donors (Lipinski definition) is 3. The maximum absolute atomic E-state index is 12.9. The van der Waals surface area contributed by atoms with Crippen molar-refractivity contribution in [2.24, 2.45) is 4.99 Å². The first-order valence-electron chi connectivity index (χ1n) is 9.31. The highest BCUT2D eigenvalue weighted by Gasteiger charge is 2.05. The highest BCUT2D eigenvalue weighted by molar-refractivity contribution is 5.94. The molecule has 0 saturated carbocycles. The molecule has 28 heavy (non-hydrogen) atoms. The Morgan fingerprint density at radius 3 is 2.32 bits per heavy atom. The van der Waals surface area contributed by atoms with Crippen molar-refractivity contribution in [3.05, 3.63) is 65.5 Å². The average Bonchev–Trinajstić information content (AvgIpc) is 2.72. The lowest BCUT2D eigenvalue weighted by atomic mass is 10.1. The van der Waals surface area contributed by atoms with Crippen LogP contribution in [0, 0.1) is 5.82 Å². The molecule has 0 atom stereocenters. The minimum absolute atomic E-state index is 0.136. The molecule has 6 nitrogen and oxygen atoms in total. The maximum Gasteiger partial charge on any atom is 0.251 e. The summed E-state index contributed by atoms with van der Waals surface area (Å²) >= 11 is 0. The summed E-state index contributed by atoms with van der Waals surface area (Å²) in [4.78, 5) is 16.6. The van der Waals surface area contributed by atoms with Crippen molar-refractivity contribution in [2.45, 2.75) is 13.3 Å². The smallest absolute Gasteiger partial charge is 0.251 e. The largest absolute Gasteiger partial charge is 0.497 e. The summed E-state index contributed by atoms with van der Waals surface area (Å²) in [5.41, 5.74) is 1.62. The van der Waals surface area contributed by atoms with Gasteiger partial charge in [-0.05, 0) is 55.3 Å². The van der Waals surface area contributed by atoms with E-state index < -0.39 is 0 Å². The van der Waals surface area contributed by atoms with Gasteiger partial charge in [0.25, 0.3) is 5.91 Å². The number of guanidine groups is 1. The predicted molar refractivity (Wildman–Crippen MR) is 109 cm³/mol. The molecule has 150 valence electrons. The zero-order valence-corrected chi connectivity index (χ0v) is 16.3. The van der Waals surface area contributed by atoms with Crippen LogP contribution < -0.4 is 20.7 Å². The number of benzene rings is 2. The van der Waals surface area contributed by atoms with Crippen LogP contribution in [0.1, 0.15) is 22.8 Å². The Morgan fingerprint density at radius 1 is 1.00 bits per heavy atom. The number of halogens is 1. The van der Waals surface area contributed by atoms with Crippen molar-refractivity contribution in [2.75, 3.05) is 33.3 Å². The molecular formula is C21H27FN4O2. The fourth-order valence-corrected chi connectivity index (χ4v) is 2.49. The third-order valence-electron chi connectivity index (χ3n) is 3.98. The summed E-state index contributed by atoms with van der Waals surface area (Å²) < 4.78 is 18.0. The van der Waals surface area contributed by atoms with E-state index in [1.807, 2.05) is 6.92 Å². The van der Waals surface area contributed by atoms with Gasteiger partial charge in [-0.15, -0.1) is 0 Å². The van der Waals surface area contributed by atoms with Crippen molar-refractivity contribution in [1.82, 2.24) is 16.0 Å². The van der Waals surface area contributed by atoms with Crippen LogP contribution in [0.2, 0.25) is 0 Å². The van der Waals surface area contributed by atoms with Gasteiger partial charge in [-0.3, -0.25) is 9.79 Å². The second kappa shape index (κ2) is 11.6. The van der Waals surface area contributed by atoms with Crippen LogP contribution in [0.25, 0.3) is 0 Å². The molecule has 0 heterocycles. The second-order valence-corrected chi connectivity index (χ2v) is 6.05. The summed E-state index contributed by atoms with van der Waals surface area (Å²) in [6, 6.07) is 13.4. The number of hydrogen-bond acceptors (Lipinski definition) is 3. The van der Waals surface area contributed by atoms with E-state index in [1.54, 1.807) is 43.5 Å². The molecule has 0 saturated heterocycles. The van der Waals surface area contributed by atoms with Crippen LogP contribution in [0.3, 0.4) is 0 Å². The first-order chi connectivity index (χ1) is 13.6. The third kappa shape index (κ3) is 7.26. The molecule has 0 fully saturated rings. The molecule has 0 spiro atoms. The zero-order chi connectivity index (χ0) is 20.2. The van der Waals surface area contributed by atoms with Gasteiger partial charge in [-0.2, -0.15) is 0 Å². The lowest BCUT2D eigenvalue weighted by Crippen LogP contribution is -2.41. The Labute approximate surface area is 165 Å². The van der Waals surface area contributed by atoms with Crippen LogP contribution in [0.4, 0.5) is 4.39 Å². The van der Waals surface area contributed by atoms with Gasteiger partial charge in [-0.1, -0.05) is 12.1 Å². The third-order valence-corrected chi connectivity index (χ3v) is 3.98. The number of methoxy groups -OCH3 is 1. The molecule has 0 aromatic heterocycles. The molecule has 0 radical (unpaired) electrons. The van der Waals surface area contributed by atoms with E-state index in [-0.39, 0.29) is 11.7 Å². The van der Waals surface area contributed by atoms with E-state index in [4.69, 9.17) is 4.74 Å². The number of nitrogens with one attached hydrogen (secondary N) is 3. The van der Waals surface area contributed by atoms with Crippen LogP contribution >= 0.6 is 0 Å². The minimum Gasteiger partial charge on any atom is -0.497 e. The van der Waals surface area contributed by atoms with Gasteiger partial charge in [-0.25, -0.2) is 4.39 Å². The molecule has 2 aromatic carbocycles. The standard InChI is InChI=1S/C21H27FN4O2/c1-3-23-21(25-13-12-16-4-8-18(22)9-5-16)26-15-14-24-20(27)17-6-10-19(28-2)11-7-17/h4-11H,3,12-15H2,1-2H3,(H,24,27)(H2,23,25,26). The molecule has 0 bridgehead atoms.